The van der Waals surface area contributed by atoms with E-state index in [0.29, 0.717) is 24.1 Å². The number of benzene rings is 1. The van der Waals surface area contributed by atoms with E-state index in [2.05, 4.69) is 22.6 Å². The minimum Gasteiger partial charge on any atom is -0.497 e. The van der Waals surface area contributed by atoms with E-state index in [9.17, 15) is 0 Å². The fourth-order valence-electron chi connectivity index (χ4n) is 2.70. The summed E-state index contributed by atoms with van der Waals surface area (Å²) in [5.74, 6) is 2.80. The van der Waals surface area contributed by atoms with Crippen LogP contribution in [0.4, 0.5) is 0 Å². The lowest BCUT2D eigenvalue weighted by atomic mass is 9.89. The summed E-state index contributed by atoms with van der Waals surface area (Å²) >= 11 is 0. The van der Waals surface area contributed by atoms with Gasteiger partial charge >= 0.3 is 0 Å². The Morgan fingerprint density at radius 1 is 1.23 bits per heavy atom. The number of nitrogens with zero attached hydrogens (tertiary/aromatic N) is 2. The molecule has 1 radical (unpaired) electrons. The topological polar surface area (TPSA) is 48.2 Å². The van der Waals surface area contributed by atoms with Crippen LogP contribution in [0.1, 0.15) is 43.0 Å². The lowest BCUT2D eigenvalue weighted by Crippen LogP contribution is -2.02. The van der Waals surface area contributed by atoms with Crippen LogP contribution < -0.4 is 4.74 Å². The lowest BCUT2D eigenvalue weighted by molar-refractivity contribution is 0.403. The van der Waals surface area contributed by atoms with Crippen LogP contribution in [0.2, 0.25) is 0 Å². The standard InChI is InChI=1S/C18H21N2O2/c1-21-16-10-7-15(8-11-16)13-17-19-18(22-20-17)12-9-14-5-3-2-4-6-14/h2,7-12,14H,3-6,13H2,1H3. The number of rotatable bonds is 5. The fraction of sp³-hybridized carbons (Fsp3) is 0.389. The van der Waals surface area contributed by atoms with Crippen LogP contribution in [0.3, 0.4) is 0 Å². The molecule has 1 aromatic heterocycles. The number of hydrogen-bond acceptors (Lipinski definition) is 4. The van der Waals surface area contributed by atoms with E-state index >= 15 is 0 Å². The molecule has 4 heteroatoms. The molecule has 0 bridgehead atoms. The van der Waals surface area contributed by atoms with Crippen molar-refractivity contribution < 1.29 is 9.26 Å². The molecule has 0 amide bonds. The van der Waals surface area contributed by atoms with Gasteiger partial charge in [0.05, 0.1) is 7.11 Å². The lowest BCUT2D eigenvalue weighted by Gasteiger charge is -2.16. The highest BCUT2D eigenvalue weighted by Gasteiger charge is 2.11. The average molecular weight is 297 g/mol. The van der Waals surface area contributed by atoms with Gasteiger partial charge in [-0.3, -0.25) is 0 Å². The van der Waals surface area contributed by atoms with Crippen molar-refractivity contribution in [3.05, 3.63) is 54.0 Å². The Hall–Kier alpha value is -2.10. The van der Waals surface area contributed by atoms with Crippen molar-refractivity contribution in [2.24, 2.45) is 5.92 Å². The zero-order valence-electron chi connectivity index (χ0n) is 12.9. The van der Waals surface area contributed by atoms with Gasteiger partial charge in [-0.1, -0.05) is 23.4 Å². The third-order valence-corrected chi connectivity index (χ3v) is 4.00. The van der Waals surface area contributed by atoms with Crippen LogP contribution in [0.15, 0.2) is 34.9 Å². The molecule has 0 aliphatic heterocycles. The Morgan fingerprint density at radius 3 is 2.73 bits per heavy atom. The van der Waals surface area contributed by atoms with Crippen molar-refractivity contribution in [1.29, 1.82) is 0 Å². The van der Waals surface area contributed by atoms with Crippen LogP contribution in [-0.2, 0) is 6.42 Å². The molecular weight excluding hydrogens is 276 g/mol. The molecule has 4 nitrogen and oxygen atoms in total. The molecule has 115 valence electrons. The SMILES string of the molecule is COc1ccc(Cc2noc(C=CC3CC[CH]CC3)n2)cc1. The summed E-state index contributed by atoms with van der Waals surface area (Å²) in [6, 6.07) is 7.92. The van der Waals surface area contributed by atoms with Crippen molar-refractivity contribution in [3.8, 4) is 5.75 Å². The molecule has 0 atom stereocenters. The first-order chi connectivity index (χ1) is 10.8. The average Bonchev–Trinajstić information content (AvgIpc) is 3.02. The molecule has 22 heavy (non-hydrogen) atoms. The van der Waals surface area contributed by atoms with Gasteiger partial charge in [0.2, 0.25) is 5.89 Å². The quantitative estimate of drug-likeness (QED) is 0.834. The van der Waals surface area contributed by atoms with Crippen LogP contribution in [0.5, 0.6) is 5.75 Å². The summed E-state index contributed by atoms with van der Waals surface area (Å²) < 4.78 is 10.4. The van der Waals surface area contributed by atoms with E-state index in [-0.39, 0.29) is 0 Å². The molecule has 1 aromatic carbocycles. The van der Waals surface area contributed by atoms with E-state index < -0.39 is 0 Å². The largest absolute Gasteiger partial charge is 0.497 e. The van der Waals surface area contributed by atoms with E-state index in [4.69, 9.17) is 9.26 Å². The first-order valence-electron chi connectivity index (χ1n) is 7.79. The summed E-state index contributed by atoms with van der Waals surface area (Å²) in [5.41, 5.74) is 1.14. The number of hydrogen-bond donors (Lipinski definition) is 0. The number of methoxy groups -OCH3 is 1. The molecule has 0 unspecified atom stereocenters. The Labute approximate surface area is 131 Å². The molecule has 0 spiro atoms. The van der Waals surface area contributed by atoms with Gasteiger partial charge < -0.3 is 9.26 Å². The first-order valence-corrected chi connectivity index (χ1v) is 7.79. The zero-order chi connectivity index (χ0) is 15.2. The maximum absolute atomic E-state index is 5.29. The van der Waals surface area contributed by atoms with Crippen LogP contribution in [-0.4, -0.2) is 17.3 Å². The monoisotopic (exact) mass is 297 g/mol. The van der Waals surface area contributed by atoms with E-state index in [0.717, 1.165) is 11.3 Å². The van der Waals surface area contributed by atoms with Gasteiger partial charge in [0.1, 0.15) is 5.75 Å². The summed E-state index contributed by atoms with van der Waals surface area (Å²) in [5, 5.41) is 4.04. The van der Waals surface area contributed by atoms with Gasteiger partial charge in [-0.25, -0.2) is 0 Å². The van der Waals surface area contributed by atoms with Crippen molar-refractivity contribution in [2.45, 2.75) is 32.1 Å². The van der Waals surface area contributed by atoms with Crippen molar-refractivity contribution >= 4 is 6.08 Å². The summed E-state index contributed by atoms with van der Waals surface area (Å²) in [6.45, 7) is 0. The van der Waals surface area contributed by atoms with Gasteiger partial charge in [-0.05, 0) is 61.8 Å². The summed E-state index contributed by atoms with van der Waals surface area (Å²) in [7, 11) is 1.66. The Bertz CT molecular complexity index is 610. The molecule has 0 saturated heterocycles. The van der Waals surface area contributed by atoms with Gasteiger partial charge in [0.25, 0.3) is 0 Å². The third kappa shape index (κ3) is 3.97. The van der Waals surface area contributed by atoms with Gasteiger partial charge in [-0.15, -0.1) is 0 Å². The van der Waals surface area contributed by atoms with Crippen LogP contribution in [0.25, 0.3) is 6.08 Å². The Kier molecular flexibility index (Phi) is 4.88. The zero-order valence-corrected chi connectivity index (χ0v) is 12.9. The maximum Gasteiger partial charge on any atom is 0.250 e. The molecule has 1 heterocycles. The first kappa shape index (κ1) is 14.8. The summed E-state index contributed by atoms with van der Waals surface area (Å²) in [6.07, 6.45) is 12.1. The van der Waals surface area contributed by atoms with E-state index in [1.807, 2.05) is 30.3 Å². The van der Waals surface area contributed by atoms with Gasteiger partial charge in [0.15, 0.2) is 5.82 Å². The molecule has 2 aromatic rings. The minimum absolute atomic E-state index is 0.595. The highest BCUT2D eigenvalue weighted by atomic mass is 16.5. The predicted molar refractivity (Wildman–Crippen MR) is 85.4 cm³/mol. The number of allylic oxidation sites excluding steroid dienone is 1. The highest BCUT2D eigenvalue weighted by molar-refractivity contribution is 5.38. The second-order valence-corrected chi connectivity index (χ2v) is 5.64. The van der Waals surface area contributed by atoms with E-state index in [1.165, 1.54) is 25.7 Å². The van der Waals surface area contributed by atoms with Crippen molar-refractivity contribution in [2.75, 3.05) is 7.11 Å². The fourth-order valence-corrected chi connectivity index (χ4v) is 2.70. The van der Waals surface area contributed by atoms with Crippen LogP contribution >= 0.6 is 0 Å². The minimum atomic E-state index is 0.595. The second kappa shape index (κ2) is 7.25. The van der Waals surface area contributed by atoms with Gasteiger partial charge in [-0.2, -0.15) is 4.98 Å². The summed E-state index contributed by atoms with van der Waals surface area (Å²) in [4.78, 5) is 4.43. The molecule has 1 fully saturated rings. The maximum atomic E-state index is 5.29. The van der Waals surface area contributed by atoms with Crippen molar-refractivity contribution in [1.82, 2.24) is 10.1 Å². The highest BCUT2D eigenvalue weighted by Crippen LogP contribution is 2.24. The normalized spacial score (nSPS) is 16.2. The molecule has 1 saturated carbocycles. The molecule has 0 N–H and O–H groups in total. The van der Waals surface area contributed by atoms with Crippen molar-refractivity contribution in [3.63, 3.8) is 0 Å². The Balaban J connectivity index is 1.59. The van der Waals surface area contributed by atoms with Gasteiger partial charge in [0, 0.05) is 6.42 Å². The molecule has 1 aliphatic rings. The smallest absolute Gasteiger partial charge is 0.250 e. The Morgan fingerprint density at radius 2 is 2.00 bits per heavy atom. The number of ether oxygens (including phenoxy) is 1. The predicted octanol–water partition coefficient (Wildman–Crippen LogP) is 4.08. The third-order valence-electron chi connectivity index (χ3n) is 4.00. The molecular formula is C18H21N2O2. The molecule has 1 aliphatic carbocycles. The van der Waals surface area contributed by atoms with E-state index in [1.54, 1.807) is 7.11 Å². The van der Waals surface area contributed by atoms with Crippen LogP contribution in [0, 0.1) is 12.3 Å². The molecule has 3 rings (SSSR count). The second-order valence-electron chi connectivity index (χ2n) is 5.64. The number of aromatic nitrogens is 2.